The van der Waals surface area contributed by atoms with E-state index in [2.05, 4.69) is 84.7 Å². The molecule has 134 valence electrons. The summed E-state index contributed by atoms with van der Waals surface area (Å²) in [5.74, 6) is 1.36. The van der Waals surface area contributed by atoms with Crippen LogP contribution in [0, 0.1) is 13.8 Å². The van der Waals surface area contributed by atoms with Crippen LogP contribution in [0.25, 0.3) is 22.6 Å². The van der Waals surface area contributed by atoms with Crippen LogP contribution in [0.15, 0.2) is 82.4 Å². The molecular formula is C23H20N2OS. The highest BCUT2D eigenvalue weighted by atomic mass is 32.2. The third kappa shape index (κ3) is 4.12. The molecule has 0 aliphatic heterocycles. The van der Waals surface area contributed by atoms with Crippen LogP contribution in [0.5, 0.6) is 0 Å². The molecule has 4 heteroatoms. The Hall–Kier alpha value is -2.85. The van der Waals surface area contributed by atoms with Gasteiger partial charge in [0.1, 0.15) is 0 Å². The van der Waals surface area contributed by atoms with E-state index in [4.69, 9.17) is 4.42 Å². The van der Waals surface area contributed by atoms with Gasteiger partial charge in [-0.05, 0) is 53.8 Å². The Balaban J connectivity index is 1.42. The maximum absolute atomic E-state index is 5.82. The average molecular weight is 372 g/mol. The molecule has 0 aliphatic rings. The highest BCUT2D eigenvalue weighted by Gasteiger charge is 2.10. The van der Waals surface area contributed by atoms with Gasteiger partial charge in [0.05, 0.1) is 0 Å². The quantitative estimate of drug-likeness (QED) is 0.385. The lowest BCUT2D eigenvalue weighted by Gasteiger charge is -2.03. The lowest BCUT2D eigenvalue weighted by Crippen LogP contribution is -1.83. The zero-order valence-electron chi connectivity index (χ0n) is 15.3. The summed E-state index contributed by atoms with van der Waals surface area (Å²) in [5.41, 5.74) is 7.12. The number of hydrogen-bond donors (Lipinski definition) is 0. The zero-order chi connectivity index (χ0) is 18.6. The van der Waals surface area contributed by atoms with Crippen LogP contribution in [0.4, 0.5) is 0 Å². The number of hydrogen-bond acceptors (Lipinski definition) is 4. The second kappa shape index (κ2) is 7.80. The summed E-state index contributed by atoms with van der Waals surface area (Å²) < 4.78 is 5.82. The van der Waals surface area contributed by atoms with Crippen molar-refractivity contribution in [1.29, 1.82) is 0 Å². The summed E-state index contributed by atoms with van der Waals surface area (Å²) >= 11 is 1.56. The van der Waals surface area contributed by atoms with E-state index in [1.807, 2.05) is 12.1 Å². The summed E-state index contributed by atoms with van der Waals surface area (Å²) in [6.45, 7) is 4.18. The molecule has 0 unspecified atom stereocenters. The Morgan fingerprint density at radius 2 is 1.44 bits per heavy atom. The maximum Gasteiger partial charge on any atom is 0.277 e. The number of benzene rings is 3. The minimum atomic E-state index is 0.569. The number of aryl methyl sites for hydroxylation is 2. The standard InChI is InChI=1S/C23H20N2OS/c1-16-8-11-21(14-17(16)2)22-24-25-23(26-22)27-15-18-9-12-20(13-10-18)19-6-4-3-5-7-19/h3-14H,15H2,1-2H3. The number of nitrogens with zero attached hydrogens (tertiary/aromatic N) is 2. The van der Waals surface area contributed by atoms with E-state index in [1.165, 1.54) is 27.8 Å². The van der Waals surface area contributed by atoms with Crippen LogP contribution in [-0.4, -0.2) is 10.2 Å². The van der Waals surface area contributed by atoms with Gasteiger partial charge in [0, 0.05) is 11.3 Å². The van der Waals surface area contributed by atoms with E-state index in [-0.39, 0.29) is 0 Å². The molecule has 27 heavy (non-hydrogen) atoms. The van der Waals surface area contributed by atoms with Gasteiger partial charge in [0.2, 0.25) is 5.89 Å². The van der Waals surface area contributed by atoms with Crippen molar-refractivity contribution >= 4 is 11.8 Å². The summed E-state index contributed by atoms with van der Waals surface area (Å²) in [5, 5.41) is 8.95. The van der Waals surface area contributed by atoms with Crippen molar-refractivity contribution in [1.82, 2.24) is 10.2 Å². The van der Waals surface area contributed by atoms with E-state index >= 15 is 0 Å². The molecule has 3 nitrogen and oxygen atoms in total. The SMILES string of the molecule is Cc1ccc(-c2nnc(SCc3ccc(-c4ccccc4)cc3)o2)cc1C. The molecule has 0 spiro atoms. The molecule has 3 aromatic carbocycles. The Morgan fingerprint density at radius 1 is 0.741 bits per heavy atom. The first kappa shape index (κ1) is 17.6. The topological polar surface area (TPSA) is 38.9 Å². The molecule has 0 atom stereocenters. The van der Waals surface area contributed by atoms with Gasteiger partial charge in [-0.3, -0.25) is 0 Å². The van der Waals surface area contributed by atoms with Gasteiger partial charge in [-0.1, -0.05) is 72.4 Å². The molecule has 0 saturated carbocycles. The van der Waals surface area contributed by atoms with Gasteiger partial charge < -0.3 is 4.42 Å². The minimum absolute atomic E-state index is 0.569. The van der Waals surface area contributed by atoms with E-state index in [0.717, 1.165) is 11.3 Å². The molecule has 0 saturated heterocycles. The third-order valence-corrected chi connectivity index (χ3v) is 5.47. The fourth-order valence-corrected chi connectivity index (χ4v) is 3.55. The van der Waals surface area contributed by atoms with E-state index < -0.39 is 0 Å². The maximum atomic E-state index is 5.82. The third-order valence-electron chi connectivity index (χ3n) is 4.58. The second-order valence-electron chi connectivity index (χ2n) is 6.52. The molecule has 0 aliphatic carbocycles. The van der Waals surface area contributed by atoms with Gasteiger partial charge >= 0.3 is 0 Å². The summed E-state index contributed by atoms with van der Waals surface area (Å²) in [6.07, 6.45) is 0. The van der Waals surface area contributed by atoms with Gasteiger partial charge in [0.25, 0.3) is 5.22 Å². The first-order valence-corrected chi connectivity index (χ1v) is 9.86. The number of rotatable bonds is 5. The Labute approximate surface area is 163 Å². The van der Waals surface area contributed by atoms with E-state index in [9.17, 15) is 0 Å². The van der Waals surface area contributed by atoms with Crippen LogP contribution >= 0.6 is 11.8 Å². The largest absolute Gasteiger partial charge is 0.411 e. The first-order valence-electron chi connectivity index (χ1n) is 8.87. The highest BCUT2D eigenvalue weighted by Crippen LogP contribution is 2.27. The monoisotopic (exact) mass is 372 g/mol. The van der Waals surface area contributed by atoms with Gasteiger partial charge in [0.15, 0.2) is 0 Å². The lowest BCUT2D eigenvalue weighted by atomic mass is 10.0. The van der Waals surface area contributed by atoms with Crippen LogP contribution in [0.2, 0.25) is 0 Å². The molecular weight excluding hydrogens is 352 g/mol. The van der Waals surface area contributed by atoms with Crippen LogP contribution in [0.1, 0.15) is 16.7 Å². The van der Waals surface area contributed by atoms with Crippen LogP contribution in [0.3, 0.4) is 0 Å². The van der Waals surface area contributed by atoms with E-state index in [1.54, 1.807) is 11.8 Å². The first-order chi connectivity index (χ1) is 13.2. The zero-order valence-corrected chi connectivity index (χ0v) is 16.2. The second-order valence-corrected chi connectivity index (χ2v) is 7.45. The Morgan fingerprint density at radius 3 is 2.19 bits per heavy atom. The summed E-state index contributed by atoms with van der Waals surface area (Å²) in [4.78, 5) is 0. The fraction of sp³-hybridized carbons (Fsp3) is 0.130. The van der Waals surface area contributed by atoms with Gasteiger partial charge in [-0.15, -0.1) is 10.2 Å². The molecule has 4 rings (SSSR count). The molecule has 0 N–H and O–H groups in total. The van der Waals surface area contributed by atoms with Crippen molar-refractivity contribution in [3.05, 3.63) is 89.5 Å². The van der Waals surface area contributed by atoms with Crippen molar-refractivity contribution in [2.45, 2.75) is 24.8 Å². The molecule has 0 amide bonds. The molecule has 1 heterocycles. The summed E-state index contributed by atoms with van der Waals surface area (Å²) in [7, 11) is 0. The molecule has 0 bridgehead atoms. The van der Waals surface area contributed by atoms with Crippen molar-refractivity contribution in [3.8, 4) is 22.6 Å². The molecule has 0 fully saturated rings. The summed E-state index contributed by atoms with van der Waals surface area (Å²) in [6, 6.07) is 25.2. The predicted molar refractivity (Wildman–Crippen MR) is 111 cm³/mol. The number of thioether (sulfide) groups is 1. The highest BCUT2D eigenvalue weighted by molar-refractivity contribution is 7.98. The van der Waals surface area contributed by atoms with Crippen molar-refractivity contribution < 1.29 is 4.42 Å². The lowest BCUT2D eigenvalue weighted by molar-refractivity contribution is 0.466. The van der Waals surface area contributed by atoms with Crippen molar-refractivity contribution in [2.75, 3.05) is 0 Å². The Bertz CT molecular complexity index is 1040. The van der Waals surface area contributed by atoms with Gasteiger partial charge in [-0.25, -0.2) is 0 Å². The minimum Gasteiger partial charge on any atom is -0.411 e. The normalized spacial score (nSPS) is 10.9. The molecule has 1 aromatic heterocycles. The average Bonchev–Trinajstić information content (AvgIpc) is 3.19. The molecule has 4 aromatic rings. The van der Waals surface area contributed by atoms with E-state index in [0.29, 0.717) is 11.1 Å². The predicted octanol–water partition coefficient (Wildman–Crippen LogP) is 6.31. The number of aromatic nitrogens is 2. The molecule has 0 radical (unpaired) electrons. The smallest absolute Gasteiger partial charge is 0.277 e. The fourth-order valence-electron chi connectivity index (χ4n) is 2.83. The van der Waals surface area contributed by atoms with Crippen LogP contribution in [-0.2, 0) is 5.75 Å². The van der Waals surface area contributed by atoms with Crippen molar-refractivity contribution in [3.63, 3.8) is 0 Å². The Kier molecular flexibility index (Phi) is 5.07. The van der Waals surface area contributed by atoms with Crippen LogP contribution < -0.4 is 0 Å². The van der Waals surface area contributed by atoms with Crippen molar-refractivity contribution in [2.24, 2.45) is 0 Å². The van der Waals surface area contributed by atoms with Gasteiger partial charge in [-0.2, -0.15) is 0 Å².